The molecule has 0 aliphatic carbocycles. The molecule has 19 heavy (non-hydrogen) atoms. The molecule has 0 spiro atoms. The van der Waals surface area contributed by atoms with Gasteiger partial charge in [-0.15, -0.1) is 0 Å². The van der Waals surface area contributed by atoms with Crippen molar-refractivity contribution in [3.8, 4) is 0 Å². The Morgan fingerprint density at radius 2 is 2.11 bits per heavy atom. The highest BCUT2D eigenvalue weighted by molar-refractivity contribution is 5.09. The summed E-state index contributed by atoms with van der Waals surface area (Å²) in [6, 6.07) is 4.64. The van der Waals surface area contributed by atoms with E-state index in [1.165, 1.54) is 18.5 Å². The summed E-state index contributed by atoms with van der Waals surface area (Å²) in [4.78, 5) is 6.73. The number of pyridine rings is 1. The molecule has 1 aromatic rings. The van der Waals surface area contributed by atoms with E-state index in [1.54, 1.807) is 0 Å². The Morgan fingerprint density at radius 3 is 2.84 bits per heavy atom. The van der Waals surface area contributed by atoms with Crippen molar-refractivity contribution in [1.29, 1.82) is 0 Å². The van der Waals surface area contributed by atoms with Crippen molar-refractivity contribution in [2.45, 2.75) is 18.9 Å². The molecule has 0 radical (unpaired) electrons. The number of ether oxygens (including phenoxy) is 2. The third-order valence-electron chi connectivity index (χ3n) is 4.07. The average Bonchev–Trinajstić information content (AvgIpc) is 2.74. The van der Waals surface area contributed by atoms with E-state index in [2.05, 4.69) is 16.0 Å². The predicted molar refractivity (Wildman–Crippen MR) is 73.0 cm³/mol. The minimum absolute atomic E-state index is 0.446. The molecule has 3 rings (SSSR count). The molecular formula is C15H22N2O2. The van der Waals surface area contributed by atoms with Gasteiger partial charge in [0, 0.05) is 18.9 Å². The molecule has 1 atom stereocenters. The van der Waals surface area contributed by atoms with Crippen LogP contribution in [0.25, 0.3) is 0 Å². The Labute approximate surface area is 114 Å². The highest BCUT2D eigenvalue weighted by Gasteiger charge is 2.29. The van der Waals surface area contributed by atoms with Gasteiger partial charge in [-0.05, 0) is 36.9 Å². The molecular weight excluding hydrogens is 240 g/mol. The second-order valence-corrected chi connectivity index (χ2v) is 5.52. The first-order valence-corrected chi connectivity index (χ1v) is 7.20. The van der Waals surface area contributed by atoms with Crippen molar-refractivity contribution >= 4 is 0 Å². The summed E-state index contributed by atoms with van der Waals surface area (Å²) in [6.07, 6.45) is 6.23. The summed E-state index contributed by atoms with van der Waals surface area (Å²) in [6.45, 7) is 5.45. The van der Waals surface area contributed by atoms with E-state index < -0.39 is 0 Å². The van der Waals surface area contributed by atoms with Crippen LogP contribution in [0.2, 0.25) is 0 Å². The molecule has 0 amide bonds. The molecule has 104 valence electrons. The van der Waals surface area contributed by atoms with Crippen LogP contribution in [0.4, 0.5) is 0 Å². The normalized spacial score (nSPS) is 26.4. The number of hydrogen-bond donors (Lipinski definition) is 0. The first-order chi connectivity index (χ1) is 9.42. The predicted octanol–water partition coefficient (Wildman–Crippen LogP) is 1.36. The van der Waals surface area contributed by atoms with Crippen LogP contribution in [0.3, 0.4) is 0 Å². The van der Waals surface area contributed by atoms with Crippen LogP contribution in [-0.4, -0.2) is 55.4 Å². The lowest BCUT2D eigenvalue weighted by atomic mass is 10.00. The summed E-state index contributed by atoms with van der Waals surface area (Å²) in [5, 5.41) is 0. The van der Waals surface area contributed by atoms with Gasteiger partial charge in [0.2, 0.25) is 0 Å². The smallest absolute Gasteiger partial charge is 0.0701 e. The van der Waals surface area contributed by atoms with Crippen LogP contribution >= 0.6 is 0 Å². The number of hydrogen-bond acceptors (Lipinski definition) is 4. The number of nitrogens with zero attached hydrogens (tertiary/aromatic N) is 2. The molecule has 1 aromatic heterocycles. The van der Waals surface area contributed by atoms with Crippen LogP contribution in [0, 0.1) is 5.92 Å². The Balaban J connectivity index is 1.52. The van der Waals surface area contributed by atoms with E-state index in [0.29, 0.717) is 6.04 Å². The van der Waals surface area contributed by atoms with Gasteiger partial charge in [0.05, 0.1) is 32.5 Å². The van der Waals surface area contributed by atoms with Crippen LogP contribution in [-0.2, 0) is 15.9 Å². The Kier molecular flexibility index (Phi) is 4.43. The van der Waals surface area contributed by atoms with Gasteiger partial charge < -0.3 is 9.47 Å². The summed E-state index contributed by atoms with van der Waals surface area (Å²) in [5.41, 5.74) is 1.35. The van der Waals surface area contributed by atoms with Crippen LogP contribution in [0.5, 0.6) is 0 Å². The lowest BCUT2D eigenvalue weighted by Gasteiger charge is -2.25. The van der Waals surface area contributed by atoms with Crippen LogP contribution in [0.1, 0.15) is 12.0 Å². The lowest BCUT2D eigenvalue weighted by Crippen LogP contribution is -2.39. The molecule has 2 aliphatic heterocycles. The van der Waals surface area contributed by atoms with Gasteiger partial charge in [-0.2, -0.15) is 0 Å². The minimum Gasteiger partial charge on any atom is -0.377 e. The zero-order valence-corrected chi connectivity index (χ0v) is 11.3. The van der Waals surface area contributed by atoms with Gasteiger partial charge in [0.15, 0.2) is 0 Å². The summed E-state index contributed by atoms with van der Waals surface area (Å²) in [5.74, 6) is 0.743. The standard InChI is InChI=1S/C15H22N2O2/c1-2-13(9-16-4-1)8-14-3-5-17(10-14)15-11-18-6-7-19-12-15/h1-2,4,9,14-15H,3,5-8,10-12H2. The molecule has 0 saturated carbocycles. The number of aromatic nitrogens is 1. The van der Waals surface area contributed by atoms with E-state index in [4.69, 9.17) is 9.47 Å². The van der Waals surface area contributed by atoms with Gasteiger partial charge in [0.1, 0.15) is 0 Å². The van der Waals surface area contributed by atoms with Crippen molar-refractivity contribution < 1.29 is 9.47 Å². The molecule has 4 heteroatoms. The maximum Gasteiger partial charge on any atom is 0.0701 e. The summed E-state index contributed by atoms with van der Waals surface area (Å²) in [7, 11) is 0. The molecule has 0 bridgehead atoms. The maximum absolute atomic E-state index is 5.60. The van der Waals surface area contributed by atoms with Crippen molar-refractivity contribution in [1.82, 2.24) is 9.88 Å². The van der Waals surface area contributed by atoms with Crippen molar-refractivity contribution in [2.24, 2.45) is 5.92 Å². The molecule has 3 heterocycles. The molecule has 1 unspecified atom stereocenters. The second-order valence-electron chi connectivity index (χ2n) is 5.52. The first-order valence-electron chi connectivity index (χ1n) is 7.20. The van der Waals surface area contributed by atoms with Crippen molar-refractivity contribution in [3.05, 3.63) is 30.1 Å². The highest BCUT2D eigenvalue weighted by Crippen LogP contribution is 2.23. The van der Waals surface area contributed by atoms with Gasteiger partial charge in [-0.3, -0.25) is 9.88 Å². The Hall–Kier alpha value is -0.970. The van der Waals surface area contributed by atoms with Crippen molar-refractivity contribution in [2.75, 3.05) is 39.5 Å². The highest BCUT2D eigenvalue weighted by atomic mass is 16.5. The van der Waals surface area contributed by atoms with Crippen LogP contribution < -0.4 is 0 Å². The first kappa shape index (κ1) is 13.0. The fourth-order valence-electron chi connectivity index (χ4n) is 3.03. The molecule has 2 saturated heterocycles. The summed E-state index contributed by atoms with van der Waals surface area (Å²) >= 11 is 0. The van der Waals surface area contributed by atoms with Crippen LogP contribution in [0.15, 0.2) is 24.5 Å². The van der Waals surface area contributed by atoms with Gasteiger partial charge in [-0.1, -0.05) is 6.07 Å². The summed E-state index contributed by atoms with van der Waals surface area (Å²) < 4.78 is 11.2. The van der Waals surface area contributed by atoms with E-state index in [0.717, 1.165) is 45.3 Å². The van der Waals surface area contributed by atoms with E-state index >= 15 is 0 Å². The number of rotatable bonds is 3. The third kappa shape index (κ3) is 3.53. The van der Waals surface area contributed by atoms with E-state index in [1.807, 2.05) is 18.5 Å². The Morgan fingerprint density at radius 1 is 1.26 bits per heavy atom. The van der Waals surface area contributed by atoms with Gasteiger partial charge >= 0.3 is 0 Å². The Bertz CT molecular complexity index is 377. The number of likely N-dealkylation sites (tertiary alicyclic amines) is 1. The zero-order valence-electron chi connectivity index (χ0n) is 11.3. The second kappa shape index (κ2) is 6.46. The molecule has 2 fully saturated rings. The van der Waals surface area contributed by atoms with Gasteiger partial charge in [-0.25, -0.2) is 0 Å². The largest absolute Gasteiger partial charge is 0.377 e. The quantitative estimate of drug-likeness (QED) is 0.824. The SMILES string of the molecule is c1cncc(CC2CCN(C3COCCOC3)C2)c1. The zero-order chi connectivity index (χ0) is 12.9. The van der Waals surface area contributed by atoms with E-state index in [9.17, 15) is 0 Å². The van der Waals surface area contributed by atoms with Gasteiger partial charge in [0.25, 0.3) is 0 Å². The molecule has 0 N–H and O–H groups in total. The third-order valence-corrected chi connectivity index (χ3v) is 4.07. The molecule has 0 aromatic carbocycles. The monoisotopic (exact) mass is 262 g/mol. The molecule has 2 aliphatic rings. The minimum atomic E-state index is 0.446. The topological polar surface area (TPSA) is 34.6 Å². The van der Waals surface area contributed by atoms with Crippen molar-refractivity contribution in [3.63, 3.8) is 0 Å². The fraction of sp³-hybridized carbons (Fsp3) is 0.667. The van der Waals surface area contributed by atoms with E-state index in [-0.39, 0.29) is 0 Å². The maximum atomic E-state index is 5.60. The average molecular weight is 262 g/mol. The lowest BCUT2D eigenvalue weighted by molar-refractivity contribution is 0.0839. The fourth-order valence-corrected chi connectivity index (χ4v) is 3.03. The molecule has 4 nitrogen and oxygen atoms in total.